The highest BCUT2D eigenvalue weighted by Crippen LogP contribution is 2.23. The maximum atomic E-state index is 10.9. The van der Waals surface area contributed by atoms with Crippen LogP contribution in [-0.4, -0.2) is 5.12 Å². The lowest BCUT2D eigenvalue weighted by Gasteiger charge is -2.00. The quantitative estimate of drug-likeness (QED) is 0.658. The molecular formula is C12H10OS. The summed E-state index contributed by atoms with van der Waals surface area (Å²) in [5.41, 5.74) is 0. The van der Waals surface area contributed by atoms with Gasteiger partial charge in [0.2, 0.25) is 0 Å². The van der Waals surface area contributed by atoms with Gasteiger partial charge in [-0.15, -0.1) is 0 Å². The Morgan fingerprint density at radius 1 is 1.07 bits per heavy atom. The van der Waals surface area contributed by atoms with Gasteiger partial charge >= 0.3 is 0 Å². The number of carbonyl (C=O) groups excluding carboxylic acids is 1. The highest BCUT2D eigenvalue weighted by molar-refractivity contribution is 8.13. The lowest BCUT2D eigenvalue weighted by molar-refractivity contribution is -0.109. The zero-order valence-corrected chi connectivity index (χ0v) is 8.67. The summed E-state index contributed by atoms with van der Waals surface area (Å²) in [5.74, 6) is 0. The molecule has 0 saturated heterocycles. The van der Waals surface area contributed by atoms with Gasteiger partial charge in [-0.2, -0.15) is 0 Å². The van der Waals surface area contributed by atoms with Crippen LogP contribution in [0.4, 0.5) is 0 Å². The summed E-state index contributed by atoms with van der Waals surface area (Å²) in [7, 11) is 0. The first-order valence-corrected chi connectivity index (χ1v) is 5.24. The Hall–Kier alpha value is -1.28. The van der Waals surface area contributed by atoms with Crippen LogP contribution in [0.2, 0.25) is 0 Å². The summed E-state index contributed by atoms with van der Waals surface area (Å²) in [6, 6.07) is 14.2. The molecule has 14 heavy (non-hydrogen) atoms. The molecule has 0 aliphatic rings. The molecule has 0 aromatic heterocycles. The van der Waals surface area contributed by atoms with Crippen LogP contribution in [0.5, 0.6) is 0 Å². The van der Waals surface area contributed by atoms with Crippen LogP contribution >= 0.6 is 11.8 Å². The number of carbonyl (C=O) groups is 1. The van der Waals surface area contributed by atoms with Gasteiger partial charge in [0, 0.05) is 11.8 Å². The van der Waals surface area contributed by atoms with E-state index < -0.39 is 0 Å². The number of hydrogen-bond donors (Lipinski definition) is 0. The summed E-state index contributed by atoms with van der Waals surface area (Å²) >= 11 is 1.27. The normalized spacial score (nSPS) is 10.4. The molecule has 0 atom stereocenters. The van der Waals surface area contributed by atoms with Crippen molar-refractivity contribution in [1.82, 2.24) is 0 Å². The average Bonchev–Trinajstić information content (AvgIpc) is 2.17. The molecule has 0 heterocycles. The maximum Gasteiger partial charge on any atom is 0.190 e. The van der Waals surface area contributed by atoms with Crippen molar-refractivity contribution in [3.63, 3.8) is 0 Å². The molecule has 0 bridgehead atoms. The maximum absolute atomic E-state index is 10.9. The fourth-order valence-corrected chi connectivity index (χ4v) is 2.05. The van der Waals surface area contributed by atoms with Gasteiger partial charge in [0.1, 0.15) is 0 Å². The molecule has 1 nitrogen and oxygen atoms in total. The summed E-state index contributed by atoms with van der Waals surface area (Å²) in [5, 5.41) is 2.51. The number of benzene rings is 2. The van der Waals surface area contributed by atoms with Crippen LogP contribution in [0, 0.1) is 0 Å². The van der Waals surface area contributed by atoms with E-state index in [1.165, 1.54) is 22.5 Å². The molecule has 0 spiro atoms. The Morgan fingerprint density at radius 3 is 2.50 bits per heavy atom. The number of hydrogen-bond acceptors (Lipinski definition) is 2. The summed E-state index contributed by atoms with van der Waals surface area (Å²) in [6.07, 6.45) is 0. The number of rotatable bonds is 1. The first-order valence-electron chi connectivity index (χ1n) is 4.43. The Bertz CT molecular complexity index is 476. The molecule has 0 amide bonds. The third-order valence-corrected chi connectivity index (χ3v) is 2.76. The molecule has 2 rings (SSSR count). The highest BCUT2D eigenvalue weighted by atomic mass is 32.2. The molecule has 0 radical (unpaired) electrons. The largest absolute Gasteiger partial charge is 0.287 e. The van der Waals surface area contributed by atoms with Crippen molar-refractivity contribution in [2.45, 2.75) is 11.8 Å². The Morgan fingerprint density at radius 2 is 1.79 bits per heavy atom. The molecule has 0 aliphatic carbocycles. The first kappa shape index (κ1) is 9.28. The molecule has 2 heteroatoms. The highest BCUT2D eigenvalue weighted by Gasteiger charge is 1.99. The van der Waals surface area contributed by atoms with Crippen LogP contribution in [-0.2, 0) is 4.79 Å². The molecule has 2 aromatic carbocycles. The van der Waals surface area contributed by atoms with E-state index in [1.807, 2.05) is 30.3 Å². The zero-order chi connectivity index (χ0) is 9.97. The van der Waals surface area contributed by atoms with E-state index in [4.69, 9.17) is 0 Å². The van der Waals surface area contributed by atoms with E-state index in [9.17, 15) is 4.79 Å². The van der Waals surface area contributed by atoms with E-state index in [2.05, 4.69) is 12.1 Å². The lowest BCUT2D eigenvalue weighted by Crippen LogP contribution is -1.81. The predicted molar refractivity (Wildman–Crippen MR) is 60.5 cm³/mol. The van der Waals surface area contributed by atoms with Crippen LogP contribution in [0.3, 0.4) is 0 Å². The van der Waals surface area contributed by atoms with Crippen molar-refractivity contribution in [1.29, 1.82) is 0 Å². The first-order chi connectivity index (χ1) is 6.75. The molecule has 70 valence electrons. The van der Waals surface area contributed by atoms with Gasteiger partial charge in [0.15, 0.2) is 5.12 Å². The zero-order valence-electron chi connectivity index (χ0n) is 7.86. The van der Waals surface area contributed by atoms with Gasteiger partial charge in [-0.3, -0.25) is 4.79 Å². The second-order valence-electron chi connectivity index (χ2n) is 3.10. The fraction of sp³-hybridized carbons (Fsp3) is 0.0833. The van der Waals surface area contributed by atoms with Crippen molar-refractivity contribution >= 4 is 27.6 Å². The SMILES string of the molecule is CC(=O)Sc1ccc2ccccc2c1. The monoisotopic (exact) mass is 202 g/mol. The van der Waals surface area contributed by atoms with Gasteiger partial charge in [-0.05, 0) is 22.9 Å². The smallest absolute Gasteiger partial charge is 0.190 e. The predicted octanol–water partition coefficient (Wildman–Crippen LogP) is 3.48. The Kier molecular flexibility index (Phi) is 2.55. The molecule has 0 aliphatic heterocycles. The van der Waals surface area contributed by atoms with Gasteiger partial charge < -0.3 is 0 Å². The lowest BCUT2D eigenvalue weighted by atomic mass is 10.1. The molecule has 0 unspecified atom stereocenters. The molecule has 0 N–H and O–H groups in total. The number of thioether (sulfide) groups is 1. The van der Waals surface area contributed by atoms with Crippen LogP contribution < -0.4 is 0 Å². The summed E-state index contributed by atoms with van der Waals surface area (Å²) < 4.78 is 0. The van der Waals surface area contributed by atoms with Crippen molar-refractivity contribution in [3.05, 3.63) is 42.5 Å². The van der Waals surface area contributed by atoms with Crippen LogP contribution in [0.15, 0.2) is 47.4 Å². The molecular weight excluding hydrogens is 192 g/mol. The third kappa shape index (κ3) is 1.96. The van der Waals surface area contributed by atoms with Gasteiger partial charge in [0.05, 0.1) is 0 Å². The van der Waals surface area contributed by atoms with E-state index in [1.54, 1.807) is 6.92 Å². The Balaban J connectivity index is 2.46. The van der Waals surface area contributed by atoms with Crippen molar-refractivity contribution in [2.75, 3.05) is 0 Å². The summed E-state index contributed by atoms with van der Waals surface area (Å²) in [4.78, 5) is 11.9. The minimum atomic E-state index is 0.125. The molecule has 2 aromatic rings. The average molecular weight is 202 g/mol. The van der Waals surface area contributed by atoms with Gasteiger partial charge in [-0.25, -0.2) is 0 Å². The van der Waals surface area contributed by atoms with E-state index >= 15 is 0 Å². The van der Waals surface area contributed by atoms with Crippen LogP contribution in [0.25, 0.3) is 10.8 Å². The van der Waals surface area contributed by atoms with Crippen LogP contribution in [0.1, 0.15) is 6.92 Å². The minimum Gasteiger partial charge on any atom is -0.287 e. The van der Waals surface area contributed by atoms with Gasteiger partial charge in [0.25, 0.3) is 0 Å². The summed E-state index contributed by atoms with van der Waals surface area (Å²) in [6.45, 7) is 1.58. The minimum absolute atomic E-state index is 0.125. The van der Waals surface area contributed by atoms with E-state index in [-0.39, 0.29) is 5.12 Å². The van der Waals surface area contributed by atoms with Crippen molar-refractivity contribution in [3.8, 4) is 0 Å². The second kappa shape index (κ2) is 3.84. The van der Waals surface area contributed by atoms with E-state index in [0.717, 1.165) is 4.90 Å². The number of fused-ring (bicyclic) bond motifs is 1. The second-order valence-corrected chi connectivity index (χ2v) is 4.35. The third-order valence-electron chi connectivity index (χ3n) is 1.98. The Labute approximate surface area is 87.1 Å². The molecule has 0 fully saturated rings. The fourth-order valence-electron chi connectivity index (χ4n) is 1.40. The van der Waals surface area contributed by atoms with Crippen molar-refractivity contribution < 1.29 is 4.79 Å². The van der Waals surface area contributed by atoms with E-state index in [0.29, 0.717) is 0 Å². The van der Waals surface area contributed by atoms with Crippen molar-refractivity contribution in [2.24, 2.45) is 0 Å². The van der Waals surface area contributed by atoms with Gasteiger partial charge in [-0.1, -0.05) is 42.1 Å². The topological polar surface area (TPSA) is 17.1 Å². The standard InChI is InChI=1S/C12H10OS/c1-9(13)14-12-7-6-10-4-2-3-5-11(10)8-12/h2-8H,1H3. The molecule has 0 saturated carbocycles.